The van der Waals surface area contributed by atoms with Crippen LogP contribution >= 0.6 is 0 Å². The van der Waals surface area contributed by atoms with Crippen LogP contribution in [0.4, 0.5) is 4.79 Å². The number of urea groups is 1. The van der Waals surface area contributed by atoms with Crippen LogP contribution in [0.25, 0.3) is 0 Å². The lowest BCUT2D eigenvalue weighted by molar-refractivity contribution is -0.141. The summed E-state index contributed by atoms with van der Waals surface area (Å²) < 4.78 is 0. The lowest BCUT2D eigenvalue weighted by Gasteiger charge is -2.31. The number of amides is 2. The van der Waals surface area contributed by atoms with Gasteiger partial charge < -0.3 is 20.4 Å². The predicted molar refractivity (Wildman–Crippen MR) is 70.8 cm³/mol. The molecule has 19 heavy (non-hydrogen) atoms. The molecule has 110 valence electrons. The number of carboxylic acids is 1. The van der Waals surface area contributed by atoms with Gasteiger partial charge in [0.15, 0.2) is 0 Å². The van der Waals surface area contributed by atoms with Crippen molar-refractivity contribution in [2.75, 3.05) is 13.1 Å². The van der Waals surface area contributed by atoms with Crippen molar-refractivity contribution in [3.8, 4) is 0 Å². The number of carbonyl (C=O) groups is 2. The molecule has 1 unspecified atom stereocenters. The van der Waals surface area contributed by atoms with E-state index in [1.165, 1.54) is 4.90 Å². The van der Waals surface area contributed by atoms with Crippen LogP contribution in [-0.2, 0) is 4.79 Å². The van der Waals surface area contributed by atoms with Crippen LogP contribution in [0.5, 0.6) is 0 Å². The van der Waals surface area contributed by atoms with Crippen molar-refractivity contribution in [1.29, 1.82) is 0 Å². The summed E-state index contributed by atoms with van der Waals surface area (Å²) in [5.74, 6) is -0.679. The van der Waals surface area contributed by atoms with Gasteiger partial charge in [0.1, 0.15) is 6.04 Å². The monoisotopic (exact) mass is 272 g/mol. The fraction of sp³-hybridized carbons (Fsp3) is 0.846. The highest BCUT2D eigenvalue weighted by molar-refractivity contribution is 5.83. The second-order valence-electron chi connectivity index (χ2n) is 6.20. The summed E-state index contributed by atoms with van der Waals surface area (Å²) in [6.45, 7) is 8.79. The van der Waals surface area contributed by atoms with Crippen LogP contribution in [0.15, 0.2) is 0 Å². The molecule has 0 saturated carbocycles. The first-order valence-electron chi connectivity index (χ1n) is 6.60. The van der Waals surface area contributed by atoms with Gasteiger partial charge in [-0.3, -0.25) is 0 Å². The number of carbonyl (C=O) groups excluding carboxylic acids is 1. The van der Waals surface area contributed by atoms with E-state index >= 15 is 0 Å². The Morgan fingerprint density at radius 1 is 1.42 bits per heavy atom. The SMILES string of the molecule is CC(C)C(C)(C)CNC(=O)N1CC(O)C[C@H]1C(=O)O. The highest BCUT2D eigenvalue weighted by Gasteiger charge is 2.39. The number of likely N-dealkylation sites (tertiary alicyclic amines) is 1. The maximum atomic E-state index is 12.0. The first-order valence-corrected chi connectivity index (χ1v) is 6.60. The minimum Gasteiger partial charge on any atom is -0.480 e. The standard InChI is InChI=1S/C13H24N2O4/c1-8(2)13(3,4)7-14-12(19)15-6-9(16)5-10(15)11(17)18/h8-10,16H,5-7H2,1-4H3,(H,14,19)(H,17,18)/t9?,10-/m0/s1. The molecule has 0 radical (unpaired) electrons. The van der Waals surface area contributed by atoms with E-state index in [9.17, 15) is 14.7 Å². The number of aliphatic hydroxyl groups is 1. The maximum absolute atomic E-state index is 12.0. The van der Waals surface area contributed by atoms with Gasteiger partial charge in [0.2, 0.25) is 0 Å². The van der Waals surface area contributed by atoms with Gasteiger partial charge in [0.05, 0.1) is 6.10 Å². The smallest absolute Gasteiger partial charge is 0.326 e. The Hall–Kier alpha value is -1.30. The molecular weight excluding hydrogens is 248 g/mol. The third-order valence-electron chi connectivity index (χ3n) is 4.08. The zero-order chi connectivity index (χ0) is 14.8. The number of hydrogen-bond donors (Lipinski definition) is 3. The van der Waals surface area contributed by atoms with Gasteiger partial charge in [-0.1, -0.05) is 27.7 Å². The third kappa shape index (κ3) is 3.83. The van der Waals surface area contributed by atoms with E-state index in [1.807, 2.05) is 13.8 Å². The lowest BCUT2D eigenvalue weighted by Crippen LogP contribution is -2.48. The molecule has 1 saturated heterocycles. The fourth-order valence-electron chi connectivity index (χ4n) is 1.88. The van der Waals surface area contributed by atoms with Gasteiger partial charge in [-0.05, 0) is 11.3 Å². The maximum Gasteiger partial charge on any atom is 0.326 e. The zero-order valence-electron chi connectivity index (χ0n) is 12.0. The minimum atomic E-state index is -1.07. The fourth-order valence-corrected chi connectivity index (χ4v) is 1.88. The second-order valence-corrected chi connectivity index (χ2v) is 6.20. The molecule has 1 aliphatic heterocycles. The summed E-state index contributed by atoms with van der Waals surface area (Å²) in [4.78, 5) is 24.3. The zero-order valence-corrected chi connectivity index (χ0v) is 12.0. The number of rotatable bonds is 4. The molecule has 6 nitrogen and oxygen atoms in total. The van der Waals surface area contributed by atoms with Crippen LogP contribution in [0, 0.1) is 11.3 Å². The van der Waals surface area contributed by atoms with Crippen molar-refractivity contribution in [2.45, 2.75) is 46.3 Å². The number of hydrogen-bond acceptors (Lipinski definition) is 3. The normalized spacial score (nSPS) is 23.8. The predicted octanol–water partition coefficient (Wildman–Crippen LogP) is 0.898. The molecule has 3 N–H and O–H groups in total. The number of aliphatic hydroxyl groups excluding tert-OH is 1. The van der Waals surface area contributed by atoms with Crippen LogP contribution in [-0.4, -0.2) is 52.3 Å². The Morgan fingerprint density at radius 3 is 2.47 bits per heavy atom. The van der Waals surface area contributed by atoms with Crippen LogP contribution in [0.3, 0.4) is 0 Å². The summed E-state index contributed by atoms with van der Waals surface area (Å²) in [5.41, 5.74) is -0.0628. The molecule has 1 aliphatic rings. The van der Waals surface area contributed by atoms with E-state index in [0.29, 0.717) is 12.5 Å². The van der Waals surface area contributed by atoms with Gasteiger partial charge >= 0.3 is 12.0 Å². The molecule has 1 heterocycles. The molecule has 0 aromatic carbocycles. The van der Waals surface area contributed by atoms with E-state index < -0.39 is 24.1 Å². The topological polar surface area (TPSA) is 89.9 Å². The van der Waals surface area contributed by atoms with E-state index in [-0.39, 0.29) is 18.4 Å². The van der Waals surface area contributed by atoms with Crippen LogP contribution < -0.4 is 5.32 Å². The van der Waals surface area contributed by atoms with Crippen LogP contribution in [0.2, 0.25) is 0 Å². The number of carboxylic acid groups (broad SMARTS) is 1. The van der Waals surface area contributed by atoms with Gasteiger partial charge in [-0.25, -0.2) is 9.59 Å². The van der Waals surface area contributed by atoms with Crippen molar-refractivity contribution in [3.63, 3.8) is 0 Å². The molecule has 0 spiro atoms. The lowest BCUT2D eigenvalue weighted by atomic mass is 9.81. The Morgan fingerprint density at radius 2 is 2.00 bits per heavy atom. The Balaban J connectivity index is 2.60. The summed E-state index contributed by atoms with van der Waals surface area (Å²) >= 11 is 0. The van der Waals surface area contributed by atoms with Gasteiger partial charge in [-0.15, -0.1) is 0 Å². The molecule has 1 rings (SSSR count). The Labute approximate surface area is 113 Å². The summed E-state index contributed by atoms with van der Waals surface area (Å²) in [6, 6.07) is -1.35. The summed E-state index contributed by atoms with van der Waals surface area (Å²) in [7, 11) is 0. The average Bonchev–Trinajstić information content (AvgIpc) is 2.68. The van der Waals surface area contributed by atoms with Crippen LogP contribution in [0.1, 0.15) is 34.1 Å². The Kier molecular flexibility index (Phi) is 4.79. The van der Waals surface area contributed by atoms with Crippen molar-refractivity contribution in [1.82, 2.24) is 10.2 Å². The van der Waals surface area contributed by atoms with E-state index in [4.69, 9.17) is 5.11 Å². The van der Waals surface area contributed by atoms with Gasteiger partial charge in [0.25, 0.3) is 0 Å². The minimum absolute atomic E-state index is 0.0628. The molecule has 0 aromatic rings. The first kappa shape index (κ1) is 15.8. The molecule has 0 bridgehead atoms. The summed E-state index contributed by atoms with van der Waals surface area (Å²) in [5, 5.41) is 21.3. The largest absolute Gasteiger partial charge is 0.480 e. The van der Waals surface area contributed by atoms with E-state index in [2.05, 4.69) is 19.2 Å². The highest BCUT2D eigenvalue weighted by atomic mass is 16.4. The molecule has 0 aromatic heterocycles. The Bertz CT molecular complexity index is 355. The average molecular weight is 272 g/mol. The van der Waals surface area contributed by atoms with Gasteiger partial charge in [0, 0.05) is 19.5 Å². The second kappa shape index (κ2) is 5.77. The number of nitrogens with zero attached hydrogens (tertiary/aromatic N) is 1. The summed E-state index contributed by atoms with van der Waals surface area (Å²) in [6.07, 6.45) is -0.666. The highest BCUT2D eigenvalue weighted by Crippen LogP contribution is 2.25. The van der Waals surface area contributed by atoms with Crippen molar-refractivity contribution >= 4 is 12.0 Å². The molecule has 6 heteroatoms. The number of aliphatic carboxylic acids is 1. The van der Waals surface area contributed by atoms with Gasteiger partial charge in [-0.2, -0.15) is 0 Å². The quantitative estimate of drug-likeness (QED) is 0.709. The van der Waals surface area contributed by atoms with Crippen molar-refractivity contribution in [2.24, 2.45) is 11.3 Å². The molecule has 2 amide bonds. The number of β-amino-alcohol motifs (C(OH)–C–C–N with tert-alkyl or cyclic N) is 1. The molecular formula is C13H24N2O4. The molecule has 0 aliphatic carbocycles. The van der Waals surface area contributed by atoms with E-state index in [1.54, 1.807) is 0 Å². The van der Waals surface area contributed by atoms with E-state index in [0.717, 1.165) is 0 Å². The first-order chi connectivity index (χ1) is 8.65. The third-order valence-corrected chi connectivity index (χ3v) is 4.08. The number of nitrogens with one attached hydrogen (secondary N) is 1. The molecule has 2 atom stereocenters. The van der Waals surface area contributed by atoms with Crippen molar-refractivity contribution in [3.05, 3.63) is 0 Å². The van der Waals surface area contributed by atoms with Crippen molar-refractivity contribution < 1.29 is 19.8 Å². The molecule has 1 fully saturated rings.